The molecule has 0 fully saturated rings. The lowest BCUT2D eigenvalue weighted by Crippen LogP contribution is -2.30. The number of nitrogens with zero attached hydrogens (tertiary/aromatic N) is 1. The van der Waals surface area contributed by atoms with Crippen LogP contribution in [0.1, 0.15) is 38.8 Å². The van der Waals surface area contributed by atoms with Crippen LogP contribution < -0.4 is 5.43 Å². The van der Waals surface area contributed by atoms with Gasteiger partial charge in [-0.25, -0.2) is 10.2 Å². The number of rotatable bonds is 2. The molecule has 1 aromatic rings. The highest BCUT2D eigenvalue weighted by molar-refractivity contribution is 5.99. The number of amides is 1. The van der Waals surface area contributed by atoms with Gasteiger partial charge in [-0.15, -0.1) is 0 Å². The van der Waals surface area contributed by atoms with Crippen molar-refractivity contribution in [3.05, 3.63) is 35.4 Å². The average molecular weight is 248 g/mol. The number of carbonyl (C=O) groups is 1. The molecular formula is C14H20N2O2. The first-order valence-electron chi connectivity index (χ1n) is 5.88. The van der Waals surface area contributed by atoms with Crippen LogP contribution in [-0.4, -0.2) is 17.4 Å². The minimum absolute atomic E-state index is 0.517. The van der Waals surface area contributed by atoms with Crippen LogP contribution in [-0.2, 0) is 4.74 Å². The van der Waals surface area contributed by atoms with E-state index in [4.69, 9.17) is 4.74 Å². The van der Waals surface area contributed by atoms with Gasteiger partial charge >= 0.3 is 6.09 Å². The summed E-state index contributed by atoms with van der Waals surface area (Å²) in [4.78, 5) is 11.4. The zero-order valence-electron chi connectivity index (χ0n) is 11.6. The van der Waals surface area contributed by atoms with Crippen LogP contribution in [0.2, 0.25) is 0 Å². The topological polar surface area (TPSA) is 50.7 Å². The lowest BCUT2D eigenvalue weighted by Gasteiger charge is -2.18. The predicted molar refractivity (Wildman–Crippen MR) is 72.8 cm³/mol. The van der Waals surface area contributed by atoms with E-state index in [2.05, 4.69) is 10.5 Å². The summed E-state index contributed by atoms with van der Waals surface area (Å²) in [5.41, 5.74) is 4.76. The maximum absolute atomic E-state index is 11.4. The third-order valence-electron chi connectivity index (χ3n) is 2.18. The second-order valence-corrected chi connectivity index (χ2v) is 5.18. The van der Waals surface area contributed by atoms with Crippen molar-refractivity contribution in [2.45, 2.75) is 40.2 Å². The number of hydrazone groups is 1. The van der Waals surface area contributed by atoms with Crippen LogP contribution in [0.5, 0.6) is 0 Å². The van der Waals surface area contributed by atoms with Gasteiger partial charge in [0.15, 0.2) is 0 Å². The molecule has 4 nitrogen and oxygen atoms in total. The molecule has 0 aliphatic rings. The first kappa shape index (κ1) is 14.2. The Morgan fingerprint density at radius 1 is 1.22 bits per heavy atom. The van der Waals surface area contributed by atoms with Gasteiger partial charge in [0.25, 0.3) is 0 Å². The molecule has 0 saturated heterocycles. The van der Waals surface area contributed by atoms with E-state index in [-0.39, 0.29) is 0 Å². The highest BCUT2D eigenvalue weighted by Crippen LogP contribution is 2.07. The summed E-state index contributed by atoms with van der Waals surface area (Å²) in [6, 6.07) is 7.93. The normalized spacial score (nSPS) is 12.2. The molecule has 1 aromatic carbocycles. The maximum Gasteiger partial charge on any atom is 0.428 e. The van der Waals surface area contributed by atoms with Gasteiger partial charge in [-0.2, -0.15) is 5.10 Å². The van der Waals surface area contributed by atoms with Gasteiger partial charge in [-0.3, -0.25) is 0 Å². The van der Waals surface area contributed by atoms with Crippen molar-refractivity contribution < 1.29 is 9.53 Å². The maximum atomic E-state index is 11.4. The SMILES string of the molecule is C/C(=N\NC(=O)OC(C)(C)C)c1ccc(C)cc1. The van der Waals surface area contributed by atoms with Crippen molar-refractivity contribution in [3.8, 4) is 0 Å². The van der Waals surface area contributed by atoms with Crippen molar-refractivity contribution in [2.24, 2.45) is 5.10 Å². The van der Waals surface area contributed by atoms with Gasteiger partial charge < -0.3 is 4.74 Å². The Morgan fingerprint density at radius 3 is 2.28 bits per heavy atom. The molecule has 0 bridgehead atoms. The van der Waals surface area contributed by atoms with Gasteiger partial charge in [-0.05, 0) is 40.2 Å². The smallest absolute Gasteiger partial charge is 0.428 e. The molecular weight excluding hydrogens is 228 g/mol. The second kappa shape index (κ2) is 5.67. The van der Waals surface area contributed by atoms with Crippen molar-refractivity contribution in [2.75, 3.05) is 0 Å². The Balaban J connectivity index is 2.62. The Morgan fingerprint density at radius 2 is 1.78 bits per heavy atom. The van der Waals surface area contributed by atoms with Crippen molar-refractivity contribution >= 4 is 11.8 Å². The summed E-state index contributed by atoms with van der Waals surface area (Å²) < 4.78 is 5.09. The lowest BCUT2D eigenvalue weighted by atomic mass is 10.1. The van der Waals surface area contributed by atoms with Crippen LogP contribution in [0.15, 0.2) is 29.4 Å². The molecule has 0 radical (unpaired) electrons. The zero-order valence-corrected chi connectivity index (χ0v) is 11.6. The standard InChI is InChI=1S/C14H20N2O2/c1-10-6-8-12(9-7-10)11(2)15-16-13(17)18-14(3,4)5/h6-9H,1-5H3,(H,16,17)/b15-11+. The number of carbonyl (C=O) groups excluding carboxylic acids is 1. The van der Waals surface area contributed by atoms with Crippen molar-refractivity contribution in [1.29, 1.82) is 0 Å². The average Bonchev–Trinajstić information content (AvgIpc) is 2.24. The number of benzene rings is 1. The lowest BCUT2D eigenvalue weighted by molar-refractivity contribution is 0.0529. The zero-order chi connectivity index (χ0) is 13.8. The van der Waals surface area contributed by atoms with Crippen LogP contribution in [0, 0.1) is 6.92 Å². The monoisotopic (exact) mass is 248 g/mol. The second-order valence-electron chi connectivity index (χ2n) is 5.18. The summed E-state index contributed by atoms with van der Waals surface area (Å²) >= 11 is 0. The summed E-state index contributed by atoms with van der Waals surface area (Å²) in [6.45, 7) is 9.28. The van der Waals surface area contributed by atoms with Crippen LogP contribution in [0.25, 0.3) is 0 Å². The molecule has 0 aliphatic heterocycles. The minimum atomic E-state index is -0.547. The first-order valence-corrected chi connectivity index (χ1v) is 5.88. The number of aryl methyl sites for hydroxylation is 1. The summed E-state index contributed by atoms with van der Waals surface area (Å²) in [6.07, 6.45) is -0.547. The predicted octanol–water partition coefficient (Wildman–Crippen LogP) is 3.24. The fourth-order valence-electron chi connectivity index (χ4n) is 1.29. The van der Waals surface area contributed by atoms with Gasteiger partial charge in [0.1, 0.15) is 5.60 Å². The molecule has 1 rings (SSSR count). The fourth-order valence-corrected chi connectivity index (χ4v) is 1.29. The molecule has 98 valence electrons. The molecule has 4 heteroatoms. The summed E-state index contributed by atoms with van der Waals surface area (Å²) in [7, 11) is 0. The summed E-state index contributed by atoms with van der Waals surface area (Å²) in [5, 5.41) is 4.00. The molecule has 1 amide bonds. The first-order chi connectivity index (χ1) is 8.28. The quantitative estimate of drug-likeness (QED) is 0.645. The number of hydrogen-bond acceptors (Lipinski definition) is 3. The molecule has 0 aliphatic carbocycles. The molecule has 0 aromatic heterocycles. The van der Waals surface area contributed by atoms with Gasteiger partial charge in [0.05, 0.1) is 5.71 Å². The van der Waals surface area contributed by atoms with E-state index in [0.29, 0.717) is 0 Å². The highest BCUT2D eigenvalue weighted by Gasteiger charge is 2.15. The van der Waals surface area contributed by atoms with E-state index < -0.39 is 11.7 Å². The molecule has 18 heavy (non-hydrogen) atoms. The molecule has 0 heterocycles. The Labute approximate surface area is 108 Å². The van der Waals surface area contributed by atoms with E-state index in [1.54, 1.807) is 0 Å². The fraction of sp³-hybridized carbons (Fsp3) is 0.429. The number of ether oxygens (including phenoxy) is 1. The third-order valence-corrected chi connectivity index (χ3v) is 2.18. The van der Waals surface area contributed by atoms with Crippen LogP contribution in [0.3, 0.4) is 0 Å². The van der Waals surface area contributed by atoms with Gasteiger partial charge in [-0.1, -0.05) is 29.8 Å². The van der Waals surface area contributed by atoms with E-state index in [1.807, 2.05) is 58.9 Å². The van der Waals surface area contributed by atoms with Crippen LogP contribution in [0.4, 0.5) is 4.79 Å². The van der Waals surface area contributed by atoms with Gasteiger partial charge in [0.2, 0.25) is 0 Å². The Hall–Kier alpha value is -1.84. The van der Waals surface area contributed by atoms with E-state index >= 15 is 0 Å². The molecule has 0 spiro atoms. The highest BCUT2D eigenvalue weighted by atomic mass is 16.6. The Bertz CT molecular complexity index is 442. The molecule has 0 atom stereocenters. The third kappa shape index (κ3) is 4.99. The van der Waals surface area contributed by atoms with Crippen LogP contribution >= 0.6 is 0 Å². The Kier molecular flexibility index (Phi) is 4.48. The van der Waals surface area contributed by atoms with E-state index in [1.165, 1.54) is 5.56 Å². The molecule has 0 saturated carbocycles. The van der Waals surface area contributed by atoms with E-state index in [0.717, 1.165) is 11.3 Å². The molecule has 0 unspecified atom stereocenters. The largest absolute Gasteiger partial charge is 0.443 e. The number of hydrogen-bond donors (Lipinski definition) is 1. The van der Waals surface area contributed by atoms with Crippen molar-refractivity contribution in [1.82, 2.24) is 5.43 Å². The molecule has 1 N–H and O–H groups in total. The van der Waals surface area contributed by atoms with E-state index in [9.17, 15) is 4.79 Å². The van der Waals surface area contributed by atoms with Gasteiger partial charge in [0, 0.05) is 0 Å². The minimum Gasteiger partial charge on any atom is -0.443 e. The van der Waals surface area contributed by atoms with Crippen molar-refractivity contribution in [3.63, 3.8) is 0 Å². The summed E-state index contributed by atoms with van der Waals surface area (Å²) in [5.74, 6) is 0. The number of nitrogens with one attached hydrogen (secondary N) is 1.